The second-order valence-corrected chi connectivity index (χ2v) is 6.85. The summed E-state index contributed by atoms with van der Waals surface area (Å²) in [6.45, 7) is 2.04. The van der Waals surface area contributed by atoms with Crippen LogP contribution in [0.25, 0.3) is 0 Å². The van der Waals surface area contributed by atoms with Crippen LogP contribution in [-0.2, 0) is 4.79 Å². The van der Waals surface area contributed by atoms with Crippen molar-refractivity contribution in [1.29, 1.82) is 0 Å². The maximum atomic E-state index is 11.9. The minimum Gasteiger partial charge on any atom is -0.507 e. The summed E-state index contributed by atoms with van der Waals surface area (Å²) in [5.74, 6) is 0.320. The molecule has 0 radical (unpaired) electrons. The molecule has 0 bridgehead atoms. The summed E-state index contributed by atoms with van der Waals surface area (Å²) >= 11 is 6.92. The number of amides is 1. The smallest absolute Gasteiger partial charge is 0.259 e. The van der Waals surface area contributed by atoms with Crippen LogP contribution in [0.2, 0.25) is 0 Å². The van der Waals surface area contributed by atoms with E-state index in [-0.39, 0.29) is 18.2 Å². The van der Waals surface area contributed by atoms with Gasteiger partial charge in [-0.25, -0.2) is 5.43 Å². The van der Waals surface area contributed by atoms with Crippen LogP contribution in [0.3, 0.4) is 0 Å². The van der Waals surface area contributed by atoms with Gasteiger partial charge in [-0.1, -0.05) is 31.9 Å². The number of hydrogen-bond acceptors (Lipinski definition) is 5. The van der Waals surface area contributed by atoms with Crippen LogP contribution >= 0.6 is 31.9 Å². The van der Waals surface area contributed by atoms with Crippen molar-refractivity contribution in [2.75, 3.05) is 19.0 Å². The number of aromatic hydroxyl groups is 1. The first-order valence-electron chi connectivity index (χ1n) is 7.29. The van der Waals surface area contributed by atoms with Crippen LogP contribution in [0.4, 0.5) is 5.69 Å². The zero-order valence-electron chi connectivity index (χ0n) is 13.6. The average molecular weight is 471 g/mol. The first-order chi connectivity index (χ1) is 11.9. The number of rotatable bonds is 6. The van der Waals surface area contributed by atoms with Crippen molar-refractivity contribution < 1.29 is 14.6 Å². The van der Waals surface area contributed by atoms with Crippen molar-refractivity contribution in [3.05, 3.63) is 50.4 Å². The number of carbonyl (C=O) groups is 1. The normalized spacial score (nSPS) is 10.7. The van der Waals surface area contributed by atoms with Gasteiger partial charge >= 0.3 is 0 Å². The number of benzene rings is 2. The van der Waals surface area contributed by atoms with Crippen LogP contribution in [0, 0.1) is 6.92 Å². The van der Waals surface area contributed by atoms with E-state index >= 15 is 0 Å². The molecule has 0 fully saturated rings. The molecule has 2 rings (SSSR count). The maximum Gasteiger partial charge on any atom is 0.259 e. The van der Waals surface area contributed by atoms with Crippen molar-refractivity contribution in [2.24, 2.45) is 5.10 Å². The molecule has 1 amide bonds. The summed E-state index contributed by atoms with van der Waals surface area (Å²) in [7, 11) is 1.53. The summed E-state index contributed by atoms with van der Waals surface area (Å²) in [4.78, 5) is 11.9. The van der Waals surface area contributed by atoms with E-state index in [2.05, 4.69) is 47.7 Å². The van der Waals surface area contributed by atoms with E-state index in [9.17, 15) is 9.90 Å². The Hall–Kier alpha value is -2.06. The molecule has 25 heavy (non-hydrogen) atoms. The zero-order valence-corrected chi connectivity index (χ0v) is 16.8. The summed E-state index contributed by atoms with van der Waals surface area (Å²) in [5, 5.41) is 16.6. The van der Waals surface area contributed by atoms with Crippen molar-refractivity contribution in [3.8, 4) is 11.5 Å². The molecule has 0 aliphatic carbocycles. The molecule has 6 nitrogen and oxygen atoms in total. The Bertz CT molecular complexity index is 787. The van der Waals surface area contributed by atoms with Crippen molar-refractivity contribution in [3.63, 3.8) is 0 Å². The lowest BCUT2D eigenvalue weighted by atomic mass is 10.2. The number of methoxy groups -OCH3 is 1. The summed E-state index contributed by atoms with van der Waals surface area (Å²) < 4.78 is 6.96. The van der Waals surface area contributed by atoms with E-state index in [1.165, 1.54) is 19.4 Å². The van der Waals surface area contributed by atoms with Gasteiger partial charge in [0.25, 0.3) is 5.91 Å². The number of hydrazone groups is 1. The molecular formula is C17H17Br2N3O3. The van der Waals surface area contributed by atoms with Gasteiger partial charge in [0.05, 0.1) is 19.9 Å². The van der Waals surface area contributed by atoms with Gasteiger partial charge in [-0.3, -0.25) is 4.79 Å². The van der Waals surface area contributed by atoms with Crippen molar-refractivity contribution in [2.45, 2.75) is 6.92 Å². The Morgan fingerprint density at radius 1 is 1.28 bits per heavy atom. The lowest BCUT2D eigenvalue weighted by Gasteiger charge is -2.09. The van der Waals surface area contributed by atoms with Gasteiger partial charge in [0.1, 0.15) is 11.5 Å². The fraction of sp³-hybridized carbons (Fsp3) is 0.176. The molecule has 0 saturated heterocycles. The fourth-order valence-corrected chi connectivity index (χ4v) is 3.09. The average Bonchev–Trinajstić information content (AvgIpc) is 2.59. The highest BCUT2D eigenvalue weighted by atomic mass is 79.9. The quantitative estimate of drug-likeness (QED) is 0.443. The molecule has 0 spiro atoms. The number of halogens is 2. The van der Waals surface area contributed by atoms with Gasteiger partial charge in [-0.15, -0.1) is 0 Å². The lowest BCUT2D eigenvalue weighted by Crippen LogP contribution is -2.25. The highest BCUT2D eigenvalue weighted by molar-refractivity contribution is 9.11. The third-order valence-corrected chi connectivity index (χ3v) is 5.01. The first-order valence-corrected chi connectivity index (χ1v) is 8.87. The topological polar surface area (TPSA) is 83.0 Å². The number of phenolic OH excluding ortho intramolecular Hbond substituents is 1. The standard InChI is InChI=1S/C17H17Br2N3O3/c1-10-14(18)6-12(7-15(10)19)20-9-17(24)22-21-8-11-5-13(25-2)3-4-16(11)23/h3-8,20,23H,9H2,1-2H3,(H,22,24)/b21-8-. The number of ether oxygens (including phenoxy) is 1. The Morgan fingerprint density at radius 3 is 2.60 bits per heavy atom. The van der Waals surface area contributed by atoms with E-state index in [4.69, 9.17) is 4.74 Å². The van der Waals surface area contributed by atoms with Crippen molar-refractivity contribution in [1.82, 2.24) is 5.43 Å². The van der Waals surface area contributed by atoms with Gasteiger partial charge in [0.2, 0.25) is 0 Å². The van der Waals surface area contributed by atoms with Gasteiger partial charge < -0.3 is 15.2 Å². The number of carbonyl (C=O) groups excluding carboxylic acids is 1. The SMILES string of the molecule is COc1ccc(O)c(/C=N\NC(=O)CNc2cc(Br)c(C)c(Br)c2)c1. The maximum absolute atomic E-state index is 11.9. The molecule has 0 aliphatic rings. The Labute approximate surface area is 162 Å². The van der Waals surface area contributed by atoms with Crippen LogP contribution in [-0.4, -0.2) is 30.9 Å². The predicted molar refractivity (Wildman–Crippen MR) is 105 cm³/mol. The second-order valence-electron chi connectivity index (χ2n) is 5.14. The van der Waals surface area contributed by atoms with E-state index in [1.807, 2.05) is 19.1 Å². The first kappa shape index (κ1) is 19.3. The highest BCUT2D eigenvalue weighted by Gasteiger charge is 2.05. The second kappa shape index (κ2) is 8.87. The van der Waals surface area contributed by atoms with E-state index in [0.717, 1.165) is 20.2 Å². The van der Waals surface area contributed by atoms with E-state index in [0.29, 0.717) is 11.3 Å². The molecule has 2 aromatic rings. The minimum atomic E-state index is -0.313. The molecule has 3 N–H and O–H groups in total. The van der Waals surface area contributed by atoms with Crippen molar-refractivity contribution >= 4 is 49.7 Å². The summed E-state index contributed by atoms with van der Waals surface area (Å²) in [6.07, 6.45) is 1.36. The highest BCUT2D eigenvalue weighted by Crippen LogP contribution is 2.28. The Balaban J connectivity index is 1.91. The van der Waals surface area contributed by atoms with Crippen LogP contribution in [0.15, 0.2) is 44.4 Å². The van der Waals surface area contributed by atoms with Gasteiger partial charge in [0, 0.05) is 20.2 Å². The third kappa shape index (κ3) is 5.47. The minimum absolute atomic E-state index is 0.0475. The molecule has 0 aliphatic heterocycles. The number of anilines is 1. The Kier molecular flexibility index (Phi) is 6.83. The molecule has 2 aromatic carbocycles. The largest absolute Gasteiger partial charge is 0.507 e. The molecule has 8 heteroatoms. The molecule has 0 unspecified atom stereocenters. The molecule has 0 atom stereocenters. The molecule has 0 aromatic heterocycles. The number of hydrogen-bond donors (Lipinski definition) is 3. The summed E-state index contributed by atoms with van der Waals surface area (Å²) in [6, 6.07) is 8.53. The van der Waals surface area contributed by atoms with Crippen LogP contribution < -0.4 is 15.5 Å². The third-order valence-electron chi connectivity index (χ3n) is 3.36. The number of nitrogens with one attached hydrogen (secondary N) is 2. The lowest BCUT2D eigenvalue weighted by molar-refractivity contribution is -0.119. The van der Waals surface area contributed by atoms with Crippen LogP contribution in [0.1, 0.15) is 11.1 Å². The molecule has 0 saturated carbocycles. The van der Waals surface area contributed by atoms with Gasteiger partial charge in [-0.2, -0.15) is 5.10 Å². The van der Waals surface area contributed by atoms with Crippen LogP contribution in [0.5, 0.6) is 11.5 Å². The zero-order chi connectivity index (χ0) is 18.4. The number of nitrogens with zero attached hydrogens (tertiary/aromatic N) is 1. The van der Waals surface area contributed by atoms with E-state index in [1.54, 1.807) is 12.1 Å². The van der Waals surface area contributed by atoms with Gasteiger partial charge in [0.15, 0.2) is 0 Å². The monoisotopic (exact) mass is 469 g/mol. The summed E-state index contributed by atoms with van der Waals surface area (Å²) in [5.41, 5.74) is 4.72. The van der Waals surface area contributed by atoms with E-state index < -0.39 is 0 Å². The molecular weight excluding hydrogens is 454 g/mol. The fourth-order valence-electron chi connectivity index (χ4n) is 1.91. The number of phenols is 1. The predicted octanol–water partition coefficient (Wildman–Crippen LogP) is 3.80. The van der Waals surface area contributed by atoms with Gasteiger partial charge in [-0.05, 0) is 42.8 Å². The molecule has 0 heterocycles. The molecule has 132 valence electrons. The Morgan fingerprint density at radius 2 is 1.96 bits per heavy atom.